The Labute approximate surface area is 451 Å². The van der Waals surface area contributed by atoms with E-state index in [0.717, 1.165) is 92.8 Å². The molecular formula is C61H61N13O4. The van der Waals surface area contributed by atoms with Crippen LogP contribution in [0.1, 0.15) is 87.4 Å². The average Bonchev–Trinajstić information content (AvgIpc) is 4.20. The lowest BCUT2D eigenvalue weighted by Gasteiger charge is -2.31. The number of aromatic nitrogens is 8. The number of nitrogens with two attached hydrogens (primary N) is 2. The molecule has 6 aliphatic rings. The first-order chi connectivity index (χ1) is 37.9. The maximum absolute atomic E-state index is 14.3. The maximum atomic E-state index is 14.3. The molecule has 17 heteroatoms. The molecule has 2 aliphatic heterocycles. The third-order valence-corrected chi connectivity index (χ3v) is 17.5. The Bertz CT molecular complexity index is 3760. The number of benzene rings is 2. The summed E-state index contributed by atoms with van der Waals surface area (Å²) in [5.74, 6) is 2.69. The predicted molar refractivity (Wildman–Crippen MR) is 301 cm³/mol. The third kappa shape index (κ3) is 8.08. The van der Waals surface area contributed by atoms with Gasteiger partial charge in [0.05, 0.1) is 22.2 Å². The van der Waals surface area contributed by atoms with Gasteiger partial charge in [-0.3, -0.25) is 14.4 Å². The van der Waals surface area contributed by atoms with Crippen molar-refractivity contribution in [1.29, 1.82) is 0 Å². The molecule has 2 saturated carbocycles. The molecule has 4 atom stereocenters. The Morgan fingerprint density at radius 2 is 1.58 bits per heavy atom. The van der Waals surface area contributed by atoms with E-state index in [1.165, 1.54) is 25.5 Å². The van der Waals surface area contributed by atoms with Crippen molar-refractivity contribution in [3.8, 4) is 28.5 Å². The fraction of sp³-hybridized carbons (Fsp3) is 0.328. The summed E-state index contributed by atoms with van der Waals surface area (Å²) in [5, 5.41) is 4.50. The molecule has 7 heterocycles. The number of fused-ring (bicyclic) bond motifs is 5. The number of amides is 3. The van der Waals surface area contributed by atoms with Crippen molar-refractivity contribution in [2.45, 2.75) is 89.1 Å². The first-order valence-electron chi connectivity index (χ1n) is 27.2. The van der Waals surface area contributed by atoms with Crippen LogP contribution in [0, 0.1) is 17.8 Å². The zero-order valence-corrected chi connectivity index (χ0v) is 43.9. The van der Waals surface area contributed by atoms with Gasteiger partial charge in [-0.2, -0.15) is 4.98 Å². The van der Waals surface area contributed by atoms with Crippen molar-refractivity contribution in [1.82, 2.24) is 43.9 Å². The van der Waals surface area contributed by atoms with E-state index >= 15 is 0 Å². The lowest BCUT2D eigenvalue weighted by molar-refractivity contribution is -0.137. The summed E-state index contributed by atoms with van der Waals surface area (Å²) >= 11 is 0. The number of nitrogens with one attached hydrogen (secondary N) is 1. The second kappa shape index (κ2) is 19.1. The second-order valence-corrected chi connectivity index (χ2v) is 21.8. The fourth-order valence-electron chi connectivity index (χ4n) is 13.5. The van der Waals surface area contributed by atoms with Gasteiger partial charge < -0.3 is 40.5 Å². The zero-order valence-electron chi connectivity index (χ0n) is 43.9. The summed E-state index contributed by atoms with van der Waals surface area (Å²) in [6, 6.07) is 17.9. The number of nitrogens with zero attached hydrogens (tertiary/aromatic N) is 10. The van der Waals surface area contributed by atoms with Gasteiger partial charge in [0, 0.05) is 90.5 Å². The summed E-state index contributed by atoms with van der Waals surface area (Å²) in [6.45, 7) is 11.4. The fourth-order valence-corrected chi connectivity index (χ4v) is 13.5. The first-order valence-corrected chi connectivity index (χ1v) is 27.2. The number of anilines is 4. The highest BCUT2D eigenvalue weighted by Gasteiger charge is 2.73. The van der Waals surface area contributed by atoms with Gasteiger partial charge in [0.1, 0.15) is 41.3 Å². The van der Waals surface area contributed by atoms with Crippen LogP contribution in [0.2, 0.25) is 0 Å². The molecular weight excluding hydrogens is 979 g/mol. The van der Waals surface area contributed by atoms with Crippen molar-refractivity contribution < 1.29 is 19.1 Å². The van der Waals surface area contributed by atoms with E-state index in [0.29, 0.717) is 103 Å². The molecule has 394 valence electrons. The van der Waals surface area contributed by atoms with Crippen molar-refractivity contribution in [2.24, 2.45) is 24.8 Å². The molecule has 4 aliphatic carbocycles. The van der Waals surface area contributed by atoms with Gasteiger partial charge in [-0.15, -0.1) is 0 Å². The van der Waals surface area contributed by atoms with Crippen LogP contribution in [0.3, 0.4) is 0 Å². The highest BCUT2D eigenvalue weighted by atomic mass is 16.5. The smallest absolute Gasteiger partial charge is 0.322 e. The number of carbonyl (C=O) groups is 3. The van der Waals surface area contributed by atoms with Gasteiger partial charge in [0.15, 0.2) is 0 Å². The maximum Gasteiger partial charge on any atom is 0.322 e. The predicted octanol–water partition coefficient (Wildman–Crippen LogP) is 9.64. The minimum Gasteiger partial charge on any atom is -0.425 e. The largest absolute Gasteiger partial charge is 0.425 e. The number of aryl methyl sites for hydroxylation is 3. The molecule has 17 nitrogen and oxygen atoms in total. The van der Waals surface area contributed by atoms with Crippen LogP contribution in [0.5, 0.6) is 6.01 Å². The summed E-state index contributed by atoms with van der Waals surface area (Å²) in [4.78, 5) is 71.6. The molecule has 0 radical (unpaired) electrons. The Morgan fingerprint density at radius 1 is 0.846 bits per heavy atom. The summed E-state index contributed by atoms with van der Waals surface area (Å²) < 4.78 is 10.6. The van der Waals surface area contributed by atoms with Crippen molar-refractivity contribution in [3.05, 3.63) is 145 Å². The number of hydrogen-bond acceptors (Lipinski definition) is 12. The quantitative estimate of drug-likeness (QED) is 0.0920. The summed E-state index contributed by atoms with van der Waals surface area (Å²) in [6.07, 6.45) is 21.7. The highest BCUT2D eigenvalue weighted by Crippen LogP contribution is 2.71. The standard InChI is InChI=1S/C61H61N13O4/c1-34(2)57(75)69-41-16-10-39(11-17-41)52-48(36-6-8-40(9-7-36)59(77)74-29-5-27-61(74)45-22-23-46(45)61)50-54(63)66-33-68-56(50)73(52)31-26-42-24-28-64-60(70-42)78-44-20-14-37(15-21-44)47-49-53(62)65-32-67-55(49)71(4)51(47)38-12-18-43(19-13-38)72-30-25-35(3)58(72)76/h6,10-14,16-21,24,28,32-33,37,40,45-46H,1,3,5,7-9,15,22-23,25-27,29-31H2,2,4H3,(H,69,75)(H2,62,65,67)(H2,63,66,68)/t37?,40-,45?,46?,61?/m0/s1. The van der Waals surface area contributed by atoms with Crippen LogP contribution in [-0.2, 0) is 34.4 Å². The van der Waals surface area contributed by atoms with Crippen molar-refractivity contribution in [3.63, 3.8) is 0 Å². The minimum absolute atomic E-state index is 0.0419. The number of allylic oxidation sites excluding steroid dienone is 5. The molecule has 5 aromatic heterocycles. The lowest BCUT2D eigenvalue weighted by atomic mass is 9.84. The van der Waals surface area contributed by atoms with E-state index in [2.05, 4.69) is 64.6 Å². The van der Waals surface area contributed by atoms with Gasteiger partial charge >= 0.3 is 6.01 Å². The normalized spacial score (nSPS) is 22.4. The molecule has 3 unspecified atom stereocenters. The van der Waals surface area contributed by atoms with Crippen LogP contribution in [0.4, 0.5) is 23.0 Å². The second-order valence-electron chi connectivity index (χ2n) is 21.8. The summed E-state index contributed by atoms with van der Waals surface area (Å²) in [5.41, 5.74) is 25.1. The Balaban J connectivity index is 0.768. The third-order valence-electron chi connectivity index (χ3n) is 17.5. The molecule has 7 aromatic rings. The van der Waals surface area contributed by atoms with E-state index in [-0.39, 0.29) is 35.2 Å². The van der Waals surface area contributed by atoms with Crippen molar-refractivity contribution >= 4 is 68.4 Å². The van der Waals surface area contributed by atoms with Crippen LogP contribution >= 0.6 is 0 Å². The Kier molecular flexibility index (Phi) is 12.0. The topological polar surface area (TPSA) is 218 Å². The van der Waals surface area contributed by atoms with E-state index < -0.39 is 0 Å². The number of likely N-dealkylation sites (tertiary alicyclic amines) is 1. The van der Waals surface area contributed by atoms with Crippen molar-refractivity contribution in [2.75, 3.05) is 34.8 Å². The lowest BCUT2D eigenvalue weighted by Crippen LogP contribution is -2.42. The van der Waals surface area contributed by atoms with Crippen LogP contribution in [-0.4, -0.2) is 80.3 Å². The zero-order chi connectivity index (χ0) is 53.6. The Morgan fingerprint density at radius 3 is 2.26 bits per heavy atom. The molecule has 5 N–H and O–H groups in total. The molecule has 0 bridgehead atoms. The molecule has 3 amide bonds. The van der Waals surface area contributed by atoms with E-state index in [1.54, 1.807) is 18.0 Å². The number of carbonyl (C=O) groups excluding carboxylic acids is 3. The van der Waals surface area contributed by atoms with Crippen LogP contribution < -0.4 is 26.4 Å². The molecule has 1 spiro atoms. The number of ether oxygens (including phenoxy) is 1. The number of rotatable bonds is 13. The number of hydrogen-bond donors (Lipinski definition) is 3. The van der Waals surface area contributed by atoms with Crippen LogP contribution in [0.25, 0.3) is 50.2 Å². The molecule has 2 saturated heterocycles. The van der Waals surface area contributed by atoms with Gasteiger partial charge in [0.25, 0.3) is 11.8 Å². The van der Waals surface area contributed by atoms with Gasteiger partial charge in [-0.1, -0.05) is 49.6 Å². The van der Waals surface area contributed by atoms with E-state index in [4.69, 9.17) is 26.2 Å². The summed E-state index contributed by atoms with van der Waals surface area (Å²) in [7, 11) is 1.98. The molecule has 4 fully saturated rings. The number of nitrogen functional groups attached to an aromatic ring is 2. The average molecular weight is 1040 g/mol. The molecule has 13 rings (SSSR count). The SMILES string of the molecule is C=C(C)C(=O)Nc1ccc(-c2c(C3=CC[C@H](C(=O)N4CCCC45C4CCC45)CC3)c3c(N)ncnc3n2CCc2ccnc(OC3=CCC(c4c(-c5ccc(N6CCC(=C)C6=O)cc5)n(C)c5ncnc(N)c45)C=C3)n2)cc1. The van der Waals surface area contributed by atoms with Gasteiger partial charge in [-0.25, -0.2) is 24.9 Å². The van der Waals surface area contributed by atoms with E-state index in [1.807, 2.05) is 73.8 Å². The Hall–Kier alpha value is -8.73. The van der Waals surface area contributed by atoms with Gasteiger partial charge in [-0.05, 0) is 141 Å². The minimum atomic E-state index is -0.250. The van der Waals surface area contributed by atoms with Gasteiger partial charge in [0.2, 0.25) is 5.91 Å². The monoisotopic (exact) mass is 1040 g/mol. The highest BCUT2D eigenvalue weighted by molar-refractivity contribution is 6.08. The first kappa shape index (κ1) is 48.9. The molecule has 78 heavy (non-hydrogen) atoms. The van der Waals surface area contributed by atoms with Crippen LogP contribution in [0.15, 0.2) is 128 Å². The van der Waals surface area contributed by atoms with E-state index in [9.17, 15) is 14.4 Å². The molecule has 2 aromatic carbocycles.